The standard InChI is InChI=1S/C25H33NO7S/c1-15(2)32-21-12-11-18(34-21)10-9-17(4)23(28)22-19(27)14-20(33-24(22)29)16(3)8-6-7-13-26-25(30)31-5/h7,11-17,27H,6,8-10H2,1-5H3,(H,26,30)/b13-7+. The van der Waals surface area contributed by atoms with E-state index in [1.165, 1.54) is 30.7 Å². The number of aryl methyl sites for hydroxylation is 1. The summed E-state index contributed by atoms with van der Waals surface area (Å²) in [6.07, 6.45) is 5.16. The Balaban J connectivity index is 1.97. The zero-order valence-electron chi connectivity index (χ0n) is 20.3. The number of amides is 1. The van der Waals surface area contributed by atoms with E-state index >= 15 is 0 Å². The predicted molar refractivity (Wildman–Crippen MR) is 131 cm³/mol. The Labute approximate surface area is 203 Å². The first-order valence-corrected chi connectivity index (χ1v) is 12.1. The third kappa shape index (κ3) is 8.06. The monoisotopic (exact) mass is 491 g/mol. The summed E-state index contributed by atoms with van der Waals surface area (Å²) in [6.45, 7) is 7.52. The molecule has 2 aromatic heterocycles. The van der Waals surface area contributed by atoms with E-state index in [9.17, 15) is 19.5 Å². The third-order valence-electron chi connectivity index (χ3n) is 5.21. The maximum Gasteiger partial charge on any atom is 0.410 e. The minimum Gasteiger partial charge on any atom is -0.507 e. The molecule has 0 fully saturated rings. The van der Waals surface area contributed by atoms with Crippen molar-refractivity contribution in [2.24, 2.45) is 5.92 Å². The zero-order chi connectivity index (χ0) is 25.3. The van der Waals surface area contributed by atoms with Crippen LogP contribution in [0.2, 0.25) is 0 Å². The van der Waals surface area contributed by atoms with Crippen molar-refractivity contribution in [3.63, 3.8) is 0 Å². The number of hydrogen-bond donors (Lipinski definition) is 2. The van der Waals surface area contributed by atoms with Gasteiger partial charge in [0, 0.05) is 29.0 Å². The largest absolute Gasteiger partial charge is 0.507 e. The molecule has 0 aliphatic heterocycles. The Morgan fingerprint density at radius 3 is 2.59 bits per heavy atom. The summed E-state index contributed by atoms with van der Waals surface area (Å²) in [6, 6.07) is 5.23. The predicted octanol–water partition coefficient (Wildman–Crippen LogP) is 5.40. The van der Waals surface area contributed by atoms with E-state index in [4.69, 9.17) is 9.15 Å². The lowest BCUT2D eigenvalue weighted by molar-refractivity contribution is 0.0916. The number of rotatable bonds is 12. The van der Waals surface area contributed by atoms with Crippen LogP contribution in [-0.4, -0.2) is 30.2 Å². The van der Waals surface area contributed by atoms with Crippen LogP contribution in [0.4, 0.5) is 4.79 Å². The van der Waals surface area contributed by atoms with Crippen LogP contribution in [0, 0.1) is 5.92 Å². The van der Waals surface area contributed by atoms with Crippen LogP contribution >= 0.6 is 11.3 Å². The van der Waals surface area contributed by atoms with Crippen LogP contribution in [0.3, 0.4) is 0 Å². The Kier molecular flexibility index (Phi) is 10.4. The minimum absolute atomic E-state index is 0.0972. The van der Waals surface area contributed by atoms with Crippen LogP contribution in [0.25, 0.3) is 0 Å². The Morgan fingerprint density at radius 1 is 1.21 bits per heavy atom. The van der Waals surface area contributed by atoms with E-state index in [1.807, 2.05) is 32.9 Å². The number of Topliss-reactive ketones (excluding diaryl/α,β-unsaturated/α-hetero) is 1. The van der Waals surface area contributed by atoms with E-state index in [0.29, 0.717) is 31.4 Å². The third-order valence-corrected chi connectivity index (χ3v) is 6.25. The van der Waals surface area contributed by atoms with Crippen molar-refractivity contribution in [1.82, 2.24) is 5.32 Å². The van der Waals surface area contributed by atoms with Gasteiger partial charge in [-0.2, -0.15) is 0 Å². The highest BCUT2D eigenvalue weighted by atomic mass is 32.1. The SMILES string of the molecule is COC(=O)N/C=C/CCC(C)c1cc(O)c(C(=O)C(C)CCc2ccc(OC(C)C)s2)c(=O)o1. The molecule has 0 bridgehead atoms. The van der Waals surface area contributed by atoms with Crippen molar-refractivity contribution in [2.75, 3.05) is 7.11 Å². The van der Waals surface area contributed by atoms with E-state index < -0.39 is 23.4 Å². The molecule has 9 heteroatoms. The van der Waals surface area contributed by atoms with Crippen LogP contribution in [0.15, 0.2) is 39.7 Å². The number of nitrogens with one attached hydrogen (secondary N) is 1. The van der Waals surface area contributed by atoms with Crippen molar-refractivity contribution < 1.29 is 28.6 Å². The number of thiophene rings is 1. The van der Waals surface area contributed by atoms with Crippen LogP contribution in [0.1, 0.15) is 73.9 Å². The molecule has 0 spiro atoms. The maximum atomic E-state index is 12.9. The van der Waals surface area contributed by atoms with Gasteiger partial charge in [0.2, 0.25) is 0 Å². The molecule has 2 atom stereocenters. The summed E-state index contributed by atoms with van der Waals surface area (Å²) in [5, 5.41) is 13.7. The van der Waals surface area contributed by atoms with Gasteiger partial charge >= 0.3 is 11.7 Å². The highest BCUT2D eigenvalue weighted by molar-refractivity contribution is 7.13. The highest BCUT2D eigenvalue weighted by Crippen LogP contribution is 2.29. The molecule has 2 aromatic rings. The number of carbonyl (C=O) groups excluding carboxylic acids is 2. The normalized spacial score (nSPS) is 13.1. The number of carbonyl (C=O) groups is 2. The van der Waals surface area contributed by atoms with Gasteiger partial charge in [0.05, 0.1) is 13.2 Å². The molecule has 2 N–H and O–H groups in total. The molecule has 1 amide bonds. The molecular weight excluding hydrogens is 458 g/mol. The van der Waals surface area contributed by atoms with Crippen LogP contribution in [-0.2, 0) is 11.2 Å². The van der Waals surface area contributed by atoms with Gasteiger partial charge in [0.1, 0.15) is 17.1 Å². The Hall–Kier alpha value is -3.07. The average molecular weight is 492 g/mol. The fourth-order valence-electron chi connectivity index (χ4n) is 3.25. The molecule has 2 unspecified atom stereocenters. The molecule has 0 saturated carbocycles. The summed E-state index contributed by atoms with van der Waals surface area (Å²) >= 11 is 1.54. The lowest BCUT2D eigenvalue weighted by atomic mass is 9.94. The summed E-state index contributed by atoms with van der Waals surface area (Å²) < 4.78 is 15.5. The second-order valence-corrected chi connectivity index (χ2v) is 9.54. The van der Waals surface area contributed by atoms with E-state index in [-0.39, 0.29) is 23.3 Å². The van der Waals surface area contributed by atoms with Crippen molar-refractivity contribution in [1.29, 1.82) is 0 Å². The van der Waals surface area contributed by atoms with Gasteiger partial charge in [-0.15, -0.1) is 11.3 Å². The summed E-state index contributed by atoms with van der Waals surface area (Å²) in [5.74, 6) is -1.12. The number of aromatic hydroxyl groups is 1. The first-order chi connectivity index (χ1) is 16.1. The van der Waals surface area contributed by atoms with E-state index in [1.54, 1.807) is 13.0 Å². The topological polar surface area (TPSA) is 115 Å². The first kappa shape index (κ1) is 27.2. The second-order valence-electron chi connectivity index (χ2n) is 8.40. The van der Waals surface area contributed by atoms with Crippen LogP contribution in [0.5, 0.6) is 10.8 Å². The van der Waals surface area contributed by atoms with Crippen LogP contribution < -0.4 is 15.7 Å². The van der Waals surface area contributed by atoms with Gasteiger partial charge in [-0.1, -0.05) is 19.9 Å². The average Bonchev–Trinajstić information content (AvgIpc) is 3.22. The molecule has 0 aromatic carbocycles. The fraction of sp³-hybridized carbons (Fsp3) is 0.480. The molecular formula is C25H33NO7S. The molecule has 0 saturated heterocycles. The number of hydrogen-bond acceptors (Lipinski definition) is 8. The van der Waals surface area contributed by atoms with Gasteiger partial charge in [0.15, 0.2) is 10.8 Å². The highest BCUT2D eigenvalue weighted by Gasteiger charge is 2.25. The summed E-state index contributed by atoms with van der Waals surface area (Å²) in [5.41, 5.74) is -1.13. The Morgan fingerprint density at radius 2 is 1.94 bits per heavy atom. The van der Waals surface area contributed by atoms with Gasteiger partial charge in [-0.3, -0.25) is 10.1 Å². The molecule has 0 aliphatic carbocycles. The summed E-state index contributed by atoms with van der Waals surface area (Å²) in [7, 11) is 1.28. The first-order valence-electron chi connectivity index (χ1n) is 11.3. The van der Waals surface area contributed by atoms with Crippen molar-refractivity contribution >= 4 is 23.2 Å². The van der Waals surface area contributed by atoms with Crippen molar-refractivity contribution in [3.05, 3.63) is 57.1 Å². The smallest absolute Gasteiger partial charge is 0.410 e. The maximum absolute atomic E-state index is 12.9. The molecule has 34 heavy (non-hydrogen) atoms. The zero-order valence-corrected chi connectivity index (χ0v) is 21.1. The van der Waals surface area contributed by atoms with Gasteiger partial charge < -0.3 is 19.0 Å². The van der Waals surface area contributed by atoms with Crippen molar-refractivity contribution in [3.8, 4) is 10.8 Å². The Bertz CT molecular complexity index is 1050. The number of ketones is 1. The van der Waals surface area contributed by atoms with E-state index in [2.05, 4.69) is 10.1 Å². The molecule has 2 rings (SSSR count). The number of allylic oxidation sites excluding steroid dienone is 1. The molecule has 8 nitrogen and oxygen atoms in total. The quantitative estimate of drug-likeness (QED) is 0.382. The van der Waals surface area contributed by atoms with Gasteiger partial charge in [-0.25, -0.2) is 9.59 Å². The number of ether oxygens (including phenoxy) is 2. The fourth-order valence-corrected chi connectivity index (χ4v) is 4.24. The second kappa shape index (κ2) is 13.0. The van der Waals surface area contributed by atoms with E-state index in [0.717, 1.165) is 9.94 Å². The number of methoxy groups -OCH3 is 1. The minimum atomic E-state index is -0.828. The van der Waals surface area contributed by atoms with Crippen molar-refractivity contribution in [2.45, 2.75) is 65.4 Å². The lowest BCUT2D eigenvalue weighted by Crippen LogP contribution is -2.21. The molecule has 186 valence electrons. The lowest BCUT2D eigenvalue weighted by Gasteiger charge is -2.13. The van der Waals surface area contributed by atoms with Gasteiger partial charge in [0.25, 0.3) is 0 Å². The molecule has 0 aliphatic rings. The summed E-state index contributed by atoms with van der Waals surface area (Å²) in [4.78, 5) is 37.5. The number of alkyl carbamates (subject to hydrolysis) is 1. The molecule has 0 radical (unpaired) electrons. The van der Waals surface area contributed by atoms with Gasteiger partial charge in [-0.05, 0) is 51.7 Å². The molecule has 2 heterocycles.